The highest BCUT2D eigenvalue weighted by molar-refractivity contribution is 5.44. The van der Waals surface area contributed by atoms with Gasteiger partial charge in [0.2, 0.25) is 0 Å². The van der Waals surface area contributed by atoms with E-state index in [4.69, 9.17) is 0 Å². The summed E-state index contributed by atoms with van der Waals surface area (Å²) in [4.78, 5) is 2.21. The van der Waals surface area contributed by atoms with Crippen LogP contribution in [0, 0.1) is 0 Å². The Morgan fingerprint density at radius 3 is 2.85 bits per heavy atom. The van der Waals surface area contributed by atoms with Crippen LogP contribution in [0.15, 0.2) is 18.2 Å². The van der Waals surface area contributed by atoms with Gasteiger partial charge in [-0.1, -0.05) is 12.1 Å². The highest BCUT2D eigenvalue weighted by Gasteiger charge is 2.25. The Balaban J connectivity index is 2.43. The number of nitrogens with zero attached hydrogens (tertiary/aromatic N) is 1. The van der Waals surface area contributed by atoms with Crippen LogP contribution in [0.1, 0.15) is 23.6 Å². The topological polar surface area (TPSA) is 23.5 Å². The number of benzene rings is 1. The van der Waals surface area contributed by atoms with Crippen molar-refractivity contribution in [2.75, 3.05) is 14.1 Å². The summed E-state index contributed by atoms with van der Waals surface area (Å²) in [6.07, 6.45) is 2.13. The van der Waals surface area contributed by atoms with E-state index in [1.807, 2.05) is 6.07 Å². The average Bonchev–Trinajstić information content (AvgIpc) is 2.48. The first-order valence-corrected chi connectivity index (χ1v) is 4.67. The van der Waals surface area contributed by atoms with Crippen molar-refractivity contribution < 1.29 is 5.11 Å². The Hall–Kier alpha value is -1.02. The fraction of sp³-hybridized carbons (Fsp3) is 0.455. The SMILES string of the molecule is CN(C)C1CCc2c(O)cccc21. The summed E-state index contributed by atoms with van der Waals surface area (Å²) >= 11 is 0. The van der Waals surface area contributed by atoms with Gasteiger partial charge in [0, 0.05) is 6.04 Å². The second-order valence-electron chi connectivity index (χ2n) is 3.86. The molecule has 1 N–H and O–H groups in total. The number of phenols is 1. The van der Waals surface area contributed by atoms with Crippen LogP contribution in [0.5, 0.6) is 5.75 Å². The van der Waals surface area contributed by atoms with Crippen molar-refractivity contribution in [3.05, 3.63) is 29.3 Å². The summed E-state index contributed by atoms with van der Waals surface area (Å²) in [5.41, 5.74) is 2.44. The first kappa shape index (κ1) is 8.57. The lowest BCUT2D eigenvalue weighted by Gasteiger charge is -2.19. The number of fused-ring (bicyclic) bond motifs is 1. The molecule has 0 radical (unpaired) electrons. The molecule has 0 amide bonds. The molecule has 1 aromatic carbocycles. The second kappa shape index (κ2) is 3.04. The Morgan fingerprint density at radius 1 is 1.38 bits per heavy atom. The molecule has 1 unspecified atom stereocenters. The lowest BCUT2D eigenvalue weighted by molar-refractivity contribution is 0.299. The summed E-state index contributed by atoms with van der Waals surface area (Å²) in [5.74, 6) is 0.460. The van der Waals surface area contributed by atoms with Crippen LogP contribution in [-0.4, -0.2) is 24.1 Å². The molecule has 1 atom stereocenters. The van der Waals surface area contributed by atoms with Gasteiger partial charge >= 0.3 is 0 Å². The summed E-state index contributed by atoms with van der Waals surface area (Å²) in [6.45, 7) is 0. The van der Waals surface area contributed by atoms with E-state index in [2.05, 4.69) is 25.1 Å². The zero-order chi connectivity index (χ0) is 9.42. The average molecular weight is 177 g/mol. The Bertz CT molecular complexity index is 320. The highest BCUT2D eigenvalue weighted by Crippen LogP contribution is 2.38. The molecule has 0 aromatic heterocycles. The third kappa shape index (κ3) is 1.31. The summed E-state index contributed by atoms with van der Waals surface area (Å²) in [5, 5.41) is 9.61. The quantitative estimate of drug-likeness (QED) is 0.708. The van der Waals surface area contributed by atoms with E-state index in [0.717, 1.165) is 18.4 Å². The number of rotatable bonds is 1. The predicted molar refractivity (Wildman–Crippen MR) is 52.9 cm³/mol. The Kier molecular flexibility index (Phi) is 2.00. The van der Waals surface area contributed by atoms with Gasteiger partial charge in [0.25, 0.3) is 0 Å². The maximum absolute atomic E-state index is 9.61. The maximum Gasteiger partial charge on any atom is 0.119 e. The molecule has 13 heavy (non-hydrogen) atoms. The summed E-state index contributed by atoms with van der Waals surface area (Å²) in [7, 11) is 4.17. The van der Waals surface area contributed by atoms with Gasteiger partial charge in [-0.25, -0.2) is 0 Å². The van der Waals surface area contributed by atoms with Gasteiger partial charge in [0.15, 0.2) is 0 Å². The van der Waals surface area contributed by atoms with E-state index in [1.165, 1.54) is 5.56 Å². The van der Waals surface area contributed by atoms with Crippen LogP contribution in [0.4, 0.5) is 0 Å². The molecule has 0 bridgehead atoms. The van der Waals surface area contributed by atoms with Crippen molar-refractivity contribution in [3.63, 3.8) is 0 Å². The zero-order valence-corrected chi connectivity index (χ0v) is 8.12. The monoisotopic (exact) mass is 177 g/mol. The zero-order valence-electron chi connectivity index (χ0n) is 8.12. The normalized spacial score (nSPS) is 20.7. The van der Waals surface area contributed by atoms with Gasteiger partial charge in [-0.2, -0.15) is 0 Å². The molecule has 0 saturated carbocycles. The molecular weight excluding hydrogens is 162 g/mol. The fourth-order valence-corrected chi connectivity index (χ4v) is 2.15. The van der Waals surface area contributed by atoms with E-state index in [-0.39, 0.29) is 0 Å². The van der Waals surface area contributed by atoms with Gasteiger partial charge in [0.1, 0.15) is 5.75 Å². The minimum absolute atomic E-state index is 0.460. The molecular formula is C11H15NO. The van der Waals surface area contributed by atoms with Crippen LogP contribution in [0.25, 0.3) is 0 Å². The van der Waals surface area contributed by atoms with Crippen LogP contribution >= 0.6 is 0 Å². The van der Waals surface area contributed by atoms with Crippen LogP contribution in [-0.2, 0) is 6.42 Å². The van der Waals surface area contributed by atoms with E-state index in [0.29, 0.717) is 11.8 Å². The largest absolute Gasteiger partial charge is 0.508 e. The molecule has 0 heterocycles. The molecule has 0 aliphatic heterocycles. The number of hydrogen-bond donors (Lipinski definition) is 1. The predicted octanol–water partition coefficient (Wildman–Crippen LogP) is 1.94. The van der Waals surface area contributed by atoms with E-state index >= 15 is 0 Å². The van der Waals surface area contributed by atoms with Crippen LogP contribution in [0.3, 0.4) is 0 Å². The standard InChI is InChI=1S/C11H15NO/c1-12(2)10-7-6-9-8(10)4-3-5-11(9)13/h3-5,10,13H,6-7H2,1-2H3. The van der Waals surface area contributed by atoms with Crippen molar-refractivity contribution in [3.8, 4) is 5.75 Å². The number of aromatic hydroxyl groups is 1. The van der Waals surface area contributed by atoms with Gasteiger partial charge in [-0.15, -0.1) is 0 Å². The summed E-state index contributed by atoms with van der Waals surface area (Å²) < 4.78 is 0. The lowest BCUT2D eigenvalue weighted by atomic mass is 10.1. The Morgan fingerprint density at radius 2 is 2.15 bits per heavy atom. The molecule has 70 valence electrons. The number of hydrogen-bond acceptors (Lipinski definition) is 2. The van der Waals surface area contributed by atoms with Crippen molar-refractivity contribution in [1.29, 1.82) is 0 Å². The summed E-state index contributed by atoms with van der Waals surface area (Å²) in [6, 6.07) is 6.31. The van der Waals surface area contributed by atoms with Crippen LogP contribution < -0.4 is 0 Å². The lowest BCUT2D eigenvalue weighted by Crippen LogP contribution is -2.17. The molecule has 1 aliphatic rings. The van der Waals surface area contributed by atoms with Crippen LogP contribution in [0.2, 0.25) is 0 Å². The third-order valence-electron chi connectivity index (χ3n) is 2.84. The number of phenolic OH excluding ortho intramolecular Hbond substituents is 1. The minimum atomic E-state index is 0.460. The second-order valence-corrected chi connectivity index (χ2v) is 3.86. The fourth-order valence-electron chi connectivity index (χ4n) is 2.15. The molecule has 2 rings (SSSR count). The molecule has 0 fully saturated rings. The molecule has 2 nitrogen and oxygen atoms in total. The van der Waals surface area contributed by atoms with Crippen molar-refractivity contribution >= 4 is 0 Å². The molecule has 0 saturated heterocycles. The van der Waals surface area contributed by atoms with E-state index < -0.39 is 0 Å². The molecule has 1 aromatic rings. The Labute approximate surface area is 78.8 Å². The van der Waals surface area contributed by atoms with Gasteiger partial charge < -0.3 is 10.0 Å². The molecule has 0 spiro atoms. The minimum Gasteiger partial charge on any atom is -0.508 e. The maximum atomic E-state index is 9.61. The molecule has 2 heteroatoms. The van der Waals surface area contributed by atoms with Crippen molar-refractivity contribution in [2.24, 2.45) is 0 Å². The van der Waals surface area contributed by atoms with E-state index in [9.17, 15) is 5.11 Å². The van der Waals surface area contributed by atoms with Gasteiger partial charge in [0.05, 0.1) is 0 Å². The highest BCUT2D eigenvalue weighted by atomic mass is 16.3. The smallest absolute Gasteiger partial charge is 0.119 e. The van der Waals surface area contributed by atoms with Crippen molar-refractivity contribution in [1.82, 2.24) is 4.90 Å². The molecule has 1 aliphatic carbocycles. The van der Waals surface area contributed by atoms with Gasteiger partial charge in [-0.3, -0.25) is 0 Å². The van der Waals surface area contributed by atoms with E-state index in [1.54, 1.807) is 6.07 Å². The van der Waals surface area contributed by atoms with Crippen molar-refractivity contribution in [2.45, 2.75) is 18.9 Å². The first-order valence-electron chi connectivity index (χ1n) is 4.67. The first-order chi connectivity index (χ1) is 6.20. The van der Waals surface area contributed by atoms with Gasteiger partial charge in [-0.05, 0) is 44.1 Å². The third-order valence-corrected chi connectivity index (χ3v) is 2.84.